The van der Waals surface area contributed by atoms with Gasteiger partial charge < -0.3 is 15.5 Å². The molecular formula is C15H26ClN3. The molecule has 4 heteroatoms. The first-order valence-electron chi connectivity index (χ1n) is 7.15. The van der Waals surface area contributed by atoms with Gasteiger partial charge in [-0.25, -0.2) is 0 Å². The topological polar surface area (TPSA) is 32.5 Å². The Balaban J connectivity index is 2.63. The molecule has 1 aromatic rings. The maximum absolute atomic E-state index is 6.27. The monoisotopic (exact) mass is 283 g/mol. The van der Waals surface area contributed by atoms with Crippen LogP contribution in [0.15, 0.2) is 18.2 Å². The molecule has 0 aliphatic heterocycles. The standard InChI is InChI=1S/C15H26ClN3/c1-4-18(5-2)11-8-12-19(6-3)15-13(16)9-7-10-14(15)17/h7,9-10H,4-6,8,11-12,17H2,1-3H3. The highest BCUT2D eigenvalue weighted by Crippen LogP contribution is 2.31. The average molecular weight is 284 g/mol. The average Bonchev–Trinajstić information content (AvgIpc) is 2.41. The number of anilines is 2. The molecule has 3 nitrogen and oxygen atoms in total. The van der Waals surface area contributed by atoms with Gasteiger partial charge in [-0.15, -0.1) is 0 Å². The Hall–Kier alpha value is -0.930. The van der Waals surface area contributed by atoms with Crippen molar-refractivity contribution in [3.63, 3.8) is 0 Å². The van der Waals surface area contributed by atoms with E-state index < -0.39 is 0 Å². The van der Waals surface area contributed by atoms with Crippen LogP contribution in [0.5, 0.6) is 0 Å². The normalized spacial score (nSPS) is 11.0. The summed E-state index contributed by atoms with van der Waals surface area (Å²) in [5.41, 5.74) is 7.78. The molecule has 1 rings (SSSR count). The molecule has 0 bridgehead atoms. The van der Waals surface area contributed by atoms with Crippen LogP contribution in [-0.2, 0) is 0 Å². The fraction of sp³-hybridized carbons (Fsp3) is 0.600. The van der Waals surface area contributed by atoms with Crippen molar-refractivity contribution in [2.75, 3.05) is 43.4 Å². The van der Waals surface area contributed by atoms with Gasteiger partial charge >= 0.3 is 0 Å². The molecule has 0 unspecified atom stereocenters. The number of benzene rings is 1. The molecule has 19 heavy (non-hydrogen) atoms. The Kier molecular flexibility index (Phi) is 7.03. The molecular weight excluding hydrogens is 258 g/mol. The van der Waals surface area contributed by atoms with E-state index in [0.29, 0.717) is 0 Å². The third-order valence-corrected chi connectivity index (χ3v) is 3.82. The molecule has 108 valence electrons. The number of hydrogen-bond donors (Lipinski definition) is 1. The zero-order chi connectivity index (χ0) is 14.3. The molecule has 0 aliphatic carbocycles. The second-order valence-electron chi connectivity index (χ2n) is 4.64. The summed E-state index contributed by atoms with van der Waals surface area (Å²) in [7, 11) is 0. The first-order chi connectivity index (χ1) is 9.13. The van der Waals surface area contributed by atoms with Crippen molar-refractivity contribution in [3.8, 4) is 0 Å². The van der Waals surface area contributed by atoms with Crippen LogP contribution in [0, 0.1) is 0 Å². The summed E-state index contributed by atoms with van der Waals surface area (Å²) in [5, 5.41) is 0.740. The summed E-state index contributed by atoms with van der Waals surface area (Å²) < 4.78 is 0. The Morgan fingerprint density at radius 3 is 2.26 bits per heavy atom. The van der Waals surface area contributed by atoms with Crippen molar-refractivity contribution in [3.05, 3.63) is 23.2 Å². The summed E-state index contributed by atoms with van der Waals surface area (Å²) >= 11 is 6.27. The lowest BCUT2D eigenvalue weighted by Gasteiger charge is -2.27. The van der Waals surface area contributed by atoms with Crippen LogP contribution in [0.4, 0.5) is 11.4 Å². The maximum Gasteiger partial charge on any atom is 0.0789 e. The van der Waals surface area contributed by atoms with Crippen LogP contribution in [0.2, 0.25) is 5.02 Å². The summed E-state index contributed by atoms with van der Waals surface area (Å²) in [6.45, 7) is 11.8. The van der Waals surface area contributed by atoms with Crippen molar-refractivity contribution < 1.29 is 0 Å². The van der Waals surface area contributed by atoms with Crippen molar-refractivity contribution in [2.24, 2.45) is 0 Å². The molecule has 0 heterocycles. The highest BCUT2D eigenvalue weighted by Gasteiger charge is 2.12. The summed E-state index contributed by atoms with van der Waals surface area (Å²) in [6.07, 6.45) is 1.13. The summed E-state index contributed by atoms with van der Waals surface area (Å²) in [5.74, 6) is 0. The van der Waals surface area contributed by atoms with Gasteiger partial charge in [-0.05, 0) is 45.1 Å². The van der Waals surface area contributed by atoms with Crippen LogP contribution < -0.4 is 10.6 Å². The summed E-state index contributed by atoms with van der Waals surface area (Å²) in [6, 6.07) is 5.71. The highest BCUT2D eigenvalue weighted by molar-refractivity contribution is 6.34. The third kappa shape index (κ3) is 4.59. The van der Waals surface area contributed by atoms with Gasteiger partial charge in [-0.1, -0.05) is 31.5 Å². The van der Waals surface area contributed by atoms with Gasteiger partial charge in [0, 0.05) is 13.1 Å². The number of halogens is 1. The SMILES string of the molecule is CCN(CC)CCCN(CC)c1c(N)cccc1Cl. The van der Waals surface area contributed by atoms with E-state index in [1.165, 1.54) is 0 Å². The number of nitrogen functional groups attached to an aromatic ring is 1. The maximum atomic E-state index is 6.27. The van der Waals surface area contributed by atoms with Crippen molar-refractivity contribution in [2.45, 2.75) is 27.2 Å². The van der Waals surface area contributed by atoms with Crippen LogP contribution in [0.3, 0.4) is 0 Å². The number of nitrogens with zero attached hydrogens (tertiary/aromatic N) is 2. The highest BCUT2D eigenvalue weighted by atomic mass is 35.5. The van der Waals surface area contributed by atoms with Crippen molar-refractivity contribution in [1.29, 1.82) is 0 Å². The smallest absolute Gasteiger partial charge is 0.0789 e. The van der Waals surface area contributed by atoms with Crippen LogP contribution in [-0.4, -0.2) is 37.6 Å². The number of rotatable bonds is 8. The molecule has 1 aromatic carbocycles. The van der Waals surface area contributed by atoms with Crippen molar-refractivity contribution >= 4 is 23.0 Å². The number of para-hydroxylation sites is 1. The molecule has 0 saturated carbocycles. The van der Waals surface area contributed by atoms with E-state index in [2.05, 4.69) is 30.6 Å². The van der Waals surface area contributed by atoms with E-state index in [4.69, 9.17) is 17.3 Å². The largest absolute Gasteiger partial charge is 0.397 e. The minimum Gasteiger partial charge on any atom is -0.397 e. The molecule has 0 atom stereocenters. The van der Waals surface area contributed by atoms with Gasteiger partial charge in [0.15, 0.2) is 0 Å². The Morgan fingerprint density at radius 1 is 1.05 bits per heavy atom. The second kappa shape index (κ2) is 8.28. The van der Waals surface area contributed by atoms with E-state index >= 15 is 0 Å². The number of hydrogen-bond acceptors (Lipinski definition) is 3. The summed E-state index contributed by atoms with van der Waals surface area (Å²) in [4.78, 5) is 4.70. The third-order valence-electron chi connectivity index (χ3n) is 3.51. The lowest BCUT2D eigenvalue weighted by Crippen LogP contribution is -2.30. The minimum atomic E-state index is 0.740. The molecule has 0 aromatic heterocycles. The molecule has 0 amide bonds. The zero-order valence-electron chi connectivity index (χ0n) is 12.3. The van der Waals surface area contributed by atoms with Gasteiger partial charge in [-0.2, -0.15) is 0 Å². The van der Waals surface area contributed by atoms with E-state index in [-0.39, 0.29) is 0 Å². The molecule has 2 N–H and O–H groups in total. The molecule has 0 spiro atoms. The minimum absolute atomic E-state index is 0.740. The van der Waals surface area contributed by atoms with E-state index in [1.807, 2.05) is 18.2 Å². The molecule has 0 aliphatic rings. The van der Waals surface area contributed by atoms with Gasteiger partial charge in [0.25, 0.3) is 0 Å². The van der Waals surface area contributed by atoms with Crippen LogP contribution in [0.1, 0.15) is 27.2 Å². The first-order valence-corrected chi connectivity index (χ1v) is 7.53. The second-order valence-corrected chi connectivity index (χ2v) is 5.04. The Morgan fingerprint density at radius 2 is 1.74 bits per heavy atom. The van der Waals surface area contributed by atoms with E-state index in [9.17, 15) is 0 Å². The quantitative estimate of drug-likeness (QED) is 0.742. The van der Waals surface area contributed by atoms with Crippen LogP contribution >= 0.6 is 11.6 Å². The zero-order valence-corrected chi connectivity index (χ0v) is 13.1. The van der Waals surface area contributed by atoms with Crippen molar-refractivity contribution in [1.82, 2.24) is 4.90 Å². The lowest BCUT2D eigenvalue weighted by atomic mass is 10.2. The molecule has 0 fully saturated rings. The lowest BCUT2D eigenvalue weighted by molar-refractivity contribution is 0.301. The fourth-order valence-corrected chi connectivity index (χ4v) is 2.62. The van der Waals surface area contributed by atoms with Gasteiger partial charge in [0.1, 0.15) is 0 Å². The number of nitrogens with two attached hydrogens (primary N) is 1. The Labute approximate surface area is 122 Å². The first kappa shape index (κ1) is 16.1. The fourth-order valence-electron chi connectivity index (χ4n) is 2.32. The molecule has 0 radical (unpaired) electrons. The van der Waals surface area contributed by atoms with Gasteiger partial charge in [0.2, 0.25) is 0 Å². The van der Waals surface area contributed by atoms with E-state index in [0.717, 1.165) is 55.5 Å². The van der Waals surface area contributed by atoms with E-state index in [1.54, 1.807) is 0 Å². The van der Waals surface area contributed by atoms with Crippen LogP contribution in [0.25, 0.3) is 0 Å². The predicted octanol–water partition coefficient (Wildman–Crippen LogP) is 3.48. The predicted molar refractivity (Wildman–Crippen MR) is 86.2 cm³/mol. The van der Waals surface area contributed by atoms with Gasteiger partial charge in [0.05, 0.1) is 16.4 Å². The molecule has 0 saturated heterocycles. The van der Waals surface area contributed by atoms with Gasteiger partial charge in [-0.3, -0.25) is 0 Å². The Bertz CT molecular complexity index is 357.